The standard InChI is InChI=1S/C13H10ClN3O/c1-18-11-5-3-2-4-10(11)17-13-12(14)9(8-15)6-7-16-13/h2-7H,1H3,(H,16,17). The van der Waals surface area contributed by atoms with Crippen molar-refractivity contribution in [1.29, 1.82) is 5.26 Å². The molecule has 1 aromatic carbocycles. The number of hydrogen-bond acceptors (Lipinski definition) is 4. The Kier molecular flexibility index (Phi) is 3.66. The van der Waals surface area contributed by atoms with Gasteiger partial charge >= 0.3 is 0 Å². The van der Waals surface area contributed by atoms with Crippen molar-refractivity contribution in [2.24, 2.45) is 0 Å². The van der Waals surface area contributed by atoms with Gasteiger partial charge in [0, 0.05) is 6.20 Å². The number of hydrogen-bond donors (Lipinski definition) is 1. The predicted octanol–water partition coefficient (Wildman–Crippen LogP) is 3.36. The minimum Gasteiger partial charge on any atom is -0.495 e. The lowest BCUT2D eigenvalue weighted by atomic mass is 10.2. The van der Waals surface area contributed by atoms with Crippen molar-refractivity contribution >= 4 is 23.1 Å². The van der Waals surface area contributed by atoms with E-state index < -0.39 is 0 Å². The summed E-state index contributed by atoms with van der Waals surface area (Å²) < 4.78 is 5.22. The van der Waals surface area contributed by atoms with E-state index in [1.165, 1.54) is 6.20 Å². The molecule has 5 heteroatoms. The molecule has 2 aromatic rings. The summed E-state index contributed by atoms with van der Waals surface area (Å²) in [4.78, 5) is 4.11. The third-order valence-corrected chi connectivity index (χ3v) is 2.75. The fourth-order valence-electron chi connectivity index (χ4n) is 1.49. The highest BCUT2D eigenvalue weighted by molar-refractivity contribution is 6.34. The number of rotatable bonds is 3. The Morgan fingerprint density at radius 3 is 2.83 bits per heavy atom. The van der Waals surface area contributed by atoms with Gasteiger partial charge in [-0.25, -0.2) is 4.98 Å². The van der Waals surface area contributed by atoms with Gasteiger partial charge < -0.3 is 10.1 Å². The van der Waals surface area contributed by atoms with Gasteiger partial charge in [0.1, 0.15) is 16.8 Å². The first-order valence-corrected chi connectivity index (χ1v) is 5.58. The summed E-state index contributed by atoms with van der Waals surface area (Å²) >= 11 is 6.07. The van der Waals surface area contributed by atoms with Gasteiger partial charge in [-0.05, 0) is 18.2 Å². The van der Waals surface area contributed by atoms with E-state index in [-0.39, 0.29) is 0 Å². The average Bonchev–Trinajstić information content (AvgIpc) is 2.42. The summed E-state index contributed by atoms with van der Waals surface area (Å²) in [7, 11) is 1.58. The molecule has 0 saturated carbocycles. The molecule has 2 rings (SSSR count). The highest BCUT2D eigenvalue weighted by Crippen LogP contribution is 2.30. The van der Waals surface area contributed by atoms with Crippen LogP contribution in [-0.4, -0.2) is 12.1 Å². The number of benzene rings is 1. The van der Waals surface area contributed by atoms with Gasteiger partial charge in [-0.3, -0.25) is 0 Å². The summed E-state index contributed by atoms with van der Waals surface area (Å²) in [6, 6.07) is 11.0. The third kappa shape index (κ3) is 2.36. The van der Waals surface area contributed by atoms with Crippen LogP contribution in [0, 0.1) is 11.3 Å². The average molecular weight is 260 g/mol. The van der Waals surface area contributed by atoms with Crippen LogP contribution in [0.1, 0.15) is 5.56 Å². The van der Waals surface area contributed by atoms with Crippen molar-refractivity contribution in [1.82, 2.24) is 4.98 Å². The molecule has 0 unspecified atom stereocenters. The van der Waals surface area contributed by atoms with Crippen LogP contribution in [0.5, 0.6) is 5.75 Å². The number of para-hydroxylation sites is 2. The molecule has 0 saturated heterocycles. The third-order valence-electron chi connectivity index (χ3n) is 2.37. The number of nitrogens with zero attached hydrogens (tertiary/aromatic N) is 2. The molecule has 0 amide bonds. The van der Waals surface area contributed by atoms with Crippen molar-refractivity contribution in [3.8, 4) is 11.8 Å². The molecule has 0 bridgehead atoms. The summed E-state index contributed by atoms with van der Waals surface area (Å²) in [6.07, 6.45) is 1.53. The maximum Gasteiger partial charge on any atom is 0.150 e. The zero-order chi connectivity index (χ0) is 13.0. The second kappa shape index (κ2) is 5.39. The highest BCUT2D eigenvalue weighted by Gasteiger charge is 2.09. The van der Waals surface area contributed by atoms with Crippen molar-refractivity contribution in [3.05, 3.63) is 47.1 Å². The normalized spacial score (nSPS) is 9.61. The summed E-state index contributed by atoms with van der Waals surface area (Å²) in [5.41, 5.74) is 1.12. The number of halogens is 1. The molecule has 0 aliphatic heterocycles. The van der Waals surface area contributed by atoms with E-state index in [0.29, 0.717) is 22.2 Å². The molecule has 1 N–H and O–H groups in total. The van der Waals surface area contributed by atoms with Crippen molar-refractivity contribution < 1.29 is 4.74 Å². The number of ether oxygens (including phenoxy) is 1. The van der Waals surface area contributed by atoms with Crippen molar-refractivity contribution in [2.45, 2.75) is 0 Å². The van der Waals surface area contributed by atoms with Gasteiger partial charge in [0.15, 0.2) is 5.82 Å². The first-order valence-electron chi connectivity index (χ1n) is 5.21. The van der Waals surface area contributed by atoms with Crippen LogP contribution < -0.4 is 10.1 Å². The van der Waals surface area contributed by atoms with E-state index in [1.54, 1.807) is 13.2 Å². The quantitative estimate of drug-likeness (QED) is 0.918. The molecule has 0 radical (unpaired) electrons. The number of pyridine rings is 1. The van der Waals surface area contributed by atoms with E-state index in [9.17, 15) is 0 Å². The Morgan fingerprint density at radius 2 is 2.11 bits per heavy atom. The monoisotopic (exact) mass is 259 g/mol. The second-order valence-electron chi connectivity index (χ2n) is 3.46. The first-order chi connectivity index (χ1) is 8.76. The fraction of sp³-hybridized carbons (Fsp3) is 0.0769. The van der Waals surface area contributed by atoms with Crippen LogP contribution in [0.4, 0.5) is 11.5 Å². The molecule has 1 aromatic heterocycles. The molecule has 0 atom stereocenters. The molecule has 4 nitrogen and oxygen atoms in total. The molecule has 18 heavy (non-hydrogen) atoms. The van der Waals surface area contributed by atoms with Gasteiger partial charge in [-0.15, -0.1) is 0 Å². The molecule has 90 valence electrons. The topological polar surface area (TPSA) is 57.9 Å². The SMILES string of the molecule is COc1ccccc1Nc1nccc(C#N)c1Cl. The van der Waals surface area contributed by atoms with E-state index in [4.69, 9.17) is 21.6 Å². The van der Waals surface area contributed by atoms with Gasteiger partial charge in [0.05, 0.1) is 18.4 Å². The van der Waals surface area contributed by atoms with Gasteiger partial charge in [0.25, 0.3) is 0 Å². The van der Waals surface area contributed by atoms with Gasteiger partial charge in [-0.1, -0.05) is 23.7 Å². The smallest absolute Gasteiger partial charge is 0.150 e. The minimum atomic E-state index is 0.297. The largest absolute Gasteiger partial charge is 0.495 e. The Bertz CT molecular complexity index is 607. The number of nitriles is 1. The molecular weight excluding hydrogens is 250 g/mol. The Morgan fingerprint density at radius 1 is 1.33 bits per heavy atom. The maximum absolute atomic E-state index is 8.90. The van der Waals surface area contributed by atoms with E-state index in [0.717, 1.165) is 5.69 Å². The van der Waals surface area contributed by atoms with Crippen LogP contribution in [-0.2, 0) is 0 Å². The Balaban J connectivity index is 2.38. The van der Waals surface area contributed by atoms with Crippen LogP contribution in [0.2, 0.25) is 5.02 Å². The van der Waals surface area contributed by atoms with Crippen molar-refractivity contribution in [3.63, 3.8) is 0 Å². The Hall–Kier alpha value is -2.25. The van der Waals surface area contributed by atoms with Gasteiger partial charge in [0.2, 0.25) is 0 Å². The van der Waals surface area contributed by atoms with E-state index in [1.807, 2.05) is 30.3 Å². The van der Waals surface area contributed by atoms with Gasteiger partial charge in [-0.2, -0.15) is 5.26 Å². The van der Waals surface area contributed by atoms with E-state index in [2.05, 4.69) is 10.3 Å². The molecule has 1 heterocycles. The number of nitrogens with one attached hydrogen (secondary N) is 1. The lowest BCUT2D eigenvalue weighted by Gasteiger charge is -2.11. The second-order valence-corrected chi connectivity index (χ2v) is 3.84. The zero-order valence-corrected chi connectivity index (χ0v) is 10.4. The molecular formula is C13H10ClN3O. The molecule has 0 spiro atoms. The number of methoxy groups -OCH3 is 1. The van der Waals surface area contributed by atoms with Crippen LogP contribution >= 0.6 is 11.6 Å². The highest BCUT2D eigenvalue weighted by atomic mass is 35.5. The van der Waals surface area contributed by atoms with Crippen LogP contribution in [0.15, 0.2) is 36.5 Å². The maximum atomic E-state index is 8.90. The van der Waals surface area contributed by atoms with Crippen LogP contribution in [0.25, 0.3) is 0 Å². The Labute approximate surface area is 110 Å². The lowest BCUT2D eigenvalue weighted by molar-refractivity contribution is 0.417. The molecule has 0 fully saturated rings. The summed E-state index contributed by atoms with van der Waals surface area (Å²) in [6.45, 7) is 0. The summed E-state index contributed by atoms with van der Waals surface area (Å²) in [5.74, 6) is 1.11. The summed E-state index contributed by atoms with van der Waals surface area (Å²) in [5, 5.41) is 12.2. The fourth-order valence-corrected chi connectivity index (χ4v) is 1.69. The van der Waals surface area contributed by atoms with E-state index >= 15 is 0 Å². The lowest BCUT2D eigenvalue weighted by Crippen LogP contribution is -1.98. The number of anilines is 2. The number of aromatic nitrogens is 1. The van der Waals surface area contributed by atoms with Crippen LogP contribution in [0.3, 0.4) is 0 Å². The first kappa shape index (κ1) is 12.2. The zero-order valence-electron chi connectivity index (χ0n) is 9.64. The molecule has 0 aliphatic rings. The van der Waals surface area contributed by atoms with Crippen molar-refractivity contribution in [2.75, 3.05) is 12.4 Å². The predicted molar refractivity (Wildman–Crippen MR) is 70.2 cm³/mol. The minimum absolute atomic E-state index is 0.297. The molecule has 0 aliphatic carbocycles.